The molecule has 0 saturated carbocycles. The van der Waals surface area contributed by atoms with E-state index in [0.717, 1.165) is 36.1 Å². The van der Waals surface area contributed by atoms with Gasteiger partial charge >= 0.3 is 0 Å². The summed E-state index contributed by atoms with van der Waals surface area (Å²) in [5, 5.41) is 6.97. The Balaban J connectivity index is 1.55. The molecule has 1 aliphatic rings. The Morgan fingerprint density at radius 3 is 3.00 bits per heavy atom. The summed E-state index contributed by atoms with van der Waals surface area (Å²) in [6, 6.07) is 11.7. The van der Waals surface area contributed by atoms with Crippen LogP contribution in [0.25, 0.3) is 10.9 Å². The third kappa shape index (κ3) is 5.64. The van der Waals surface area contributed by atoms with Crippen LogP contribution in [0.3, 0.4) is 0 Å². The monoisotopic (exact) mass is 457 g/mol. The molecule has 8 heteroatoms. The van der Waals surface area contributed by atoms with E-state index in [1.165, 1.54) is 4.88 Å². The smallest absolute Gasteiger partial charge is 0.253 e. The number of aromatic nitrogens is 1. The molecule has 31 heavy (non-hydrogen) atoms. The summed E-state index contributed by atoms with van der Waals surface area (Å²) in [6.45, 7) is 5.11. The summed E-state index contributed by atoms with van der Waals surface area (Å²) >= 11 is 7.39. The SMILES string of the molecule is CCOc1ccc2[nH]c(=O)c(CN(Cc3cccs3)C(=S)NCC3CCCO3)cc2c1. The molecule has 4 rings (SSSR count). The highest BCUT2D eigenvalue weighted by atomic mass is 32.1. The average molecular weight is 458 g/mol. The molecule has 2 aromatic heterocycles. The van der Waals surface area contributed by atoms with E-state index in [0.29, 0.717) is 36.9 Å². The third-order valence-electron chi connectivity index (χ3n) is 5.28. The van der Waals surface area contributed by atoms with Crippen LogP contribution in [0.4, 0.5) is 0 Å². The number of H-pyrrole nitrogens is 1. The van der Waals surface area contributed by atoms with Crippen molar-refractivity contribution in [1.82, 2.24) is 15.2 Å². The summed E-state index contributed by atoms with van der Waals surface area (Å²) in [5.74, 6) is 0.789. The van der Waals surface area contributed by atoms with Gasteiger partial charge in [0.25, 0.3) is 5.56 Å². The van der Waals surface area contributed by atoms with Gasteiger partial charge in [-0.15, -0.1) is 11.3 Å². The fourth-order valence-electron chi connectivity index (χ4n) is 3.72. The minimum absolute atomic E-state index is 0.102. The predicted molar refractivity (Wildman–Crippen MR) is 129 cm³/mol. The number of aromatic amines is 1. The molecule has 6 nitrogen and oxygen atoms in total. The van der Waals surface area contributed by atoms with Crippen molar-refractivity contribution in [3.63, 3.8) is 0 Å². The summed E-state index contributed by atoms with van der Waals surface area (Å²) in [4.78, 5) is 19.0. The lowest BCUT2D eigenvalue weighted by molar-refractivity contribution is 0.113. The number of hydrogen-bond acceptors (Lipinski definition) is 5. The minimum Gasteiger partial charge on any atom is -0.494 e. The molecule has 3 heterocycles. The molecular weight excluding hydrogens is 430 g/mol. The molecule has 2 N–H and O–H groups in total. The number of rotatable bonds is 8. The summed E-state index contributed by atoms with van der Waals surface area (Å²) in [5.41, 5.74) is 1.36. The number of fused-ring (bicyclic) bond motifs is 1. The molecule has 0 aliphatic carbocycles. The van der Waals surface area contributed by atoms with Crippen molar-refractivity contribution in [2.45, 2.75) is 39.0 Å². The van der Waals surface area contributed by atoms with Gasteiger partial charge in [-0.05, 0) is 67.7 Å². The second kappa shape index (κ2) is 10.3. The van der Waals surface area contributed by atoms with Crippen molar-refractivity contribution < 1.29 is 9.47 Å². The molecule has 1 atom stereocenters. The predicted octanol–water partition coefficient (Wildman–Crippen LogP) is 4.04. The minimum atomic E-state index is -0.102. The maximum Gasteiger partial charge on any atom is 0.253 e. The lowest BCUT2D eigenvalue weighted by Crippen LogP contribution is -2.42. The van der Waals surface area contributed by atoms with E-state index in [-0.39, 0.29) is 11.7 Å². The van der Waals surface area contributed by atoms with Gasteiger partial charge in [0, 0.05) is 34.5 Å². The Kier molecular flexibility index (Phi) is 7.21. The van der Waals surface area contributed by atoms with E-state index in [4.69, 9.17) is 21.7 Å². The topological polar surface area (TPSA) is 66.6 Å². The first-order valence-electron chi connectivity index (χ1n) is 10.6. The number of pyridine rings is 1. The fourth-order valence-corrected chi connectivity index (χ4v) is 4.65. The molecule has 0 spiro atoms. The quantitative estimate of drug-likeness (QED) is 0.498. The fraction of sp³-hybridized carbons (Fsp3) is 0.391. The van der Waals surface area contributed by atoms with E-state index in [1.54, 1.807) is 11.3 Å². The average Bonchev–Trinajstić information content (AvgIpc) is 3.46. The van der Waals surface area contributed by atoms with Crippen LogP contribution in [0.1, 0.15) is 30.2 Å². The van der Waals surface area contributed by atoms with E-state index in [1.807, 2.05) is 42.2 Å². The normalized spacial score (nSPS) is 15.8. The molecule has 1 saturated heterocycles. The van der Waals surface area contributed by atoms with Crippen LogP contribution in [-0.4, -0.2) is 40.9 Å². The van der Waals surface area contributed by atoms with Crippen molar-refractivity contribution in [1.29, 1.82) is 0 Å². The molecule has 164 valence electrons. The lowest BCUT2D eigenvalue weighted by Gasteiger charge is -2.26. The first kappa shape index (κ1) is 21.8. The molecule has 3 aromatic rings. The van der Waals surface area contributed by atoms with Crippen LogP contribution in [0, 0.1) is 0 Å². The lowest BCUT2D eigenvalue weighted by atomic mass is 10.1. The largest absolute Gasteiger partial charge is 0.494 e. The van der Waals surface area contributed by atoms with Gasteiger partial charge in [-0.1, -0.05) is 6.07 Å². The second-order valence-electron chi connectivity index (χ2n) is 7.56. The van der Waals surface area contributed by atoms with Crippen molar-refractivity contribution in [2.24, 2.45) is 0 Å². The van der Waals surface area contributed by atoms with E-state index in [2.05, 4.69) is 21.7 Å². The first-order valence-corrected chi connectivity index (χ1v) is 11.9. The van der Waals surface area contributed by atoms with Gasteiger partial charge in [0.1, 0.15) is 5.75 Å². The van der Waals surface area contributed by atoms with Crippen molar-refractivity contribution in [3.05, 3.63) is 62.6 Å². The van der Waals surface area contributed by atoms with Gasteiger partial charge in [-0.25, -0.2) is 0 Å². The van der Waals surface area contributed by atoms with Crippen molar-refractivity contribution in [3.8, 4) is 5.75 Å². The van der Waals surface area contributed by atoms with Gasteiger partial charge in [0.05, 0.1) is 25.8 Å². The molecule has 0 amide bonds. The van der Waals surface area contributed by atoms with E-state index < -0.39 is 0 Å². The highest BCUT2D eigenvalue weighted by molar-refractivity contribution is 7.80. The van der Waals surface area contributed by atoms with Crippen molar-refractivity contribution in [2.75, 3.05) is 19.8 Å². The number of ether oxygens (including phenoxy) is 2. The molecule has 0 bridgehead atoms. The number of thiocarbonyl (C=S) groups is 1. The molecule has 1 aliphatic heterocycles. The van der Waals surface area contributed by atoms with Crippen LogP contribution in [0.15, 0.2) is 46.6 Å². The Hall–Kier alpha value is -2.42. The van der Waals surface area contributed by atoms with Gasteiger partial charge in [0.2, 0.25) is 0 Å². The summed E-state index contributed by atoms with van der Waals surface area (Å²) < 4.78 is 11.3. The number of hydrogen-bond donors (Lipinski definition) is 2. The highest BCUT2D eigenvalue weighted by Crippen LogP contribution is 2.21. The van der Waals surface area contributed by atoms with E-state index in [9.17, 15) is 4.79 Å². The molecule has 1 aromatic carbocycles. The molecule has 1 fully saturated rings. The zero-order valence-corrected chi connectivity index (χ0v) is 19.2. The summed E-state index contributed by atoms with van der Waals surface area (Å²) in [6.07, 6.45) is 2.34. The number of nitrogens with one attached hydrogen (secondary N) is 2. The van der Waals surface area contributed by atoms with E-state index >= 15 is 0 Å². The summed E-state index contributed by atoms with van der Waals surface area (Å²) in [7, 11) is 0. The standard InChI is InChI=1S/C23H27N3O3S2/c1-2-28-18-7-8-21-16(12-18)11-17(22(27)25-21)14-26(15-20-6-4-10-31-20)23(30)24-13-19-5-3-9-29-19/h4,6-8,10-12,19H,2-3,5,9,13-15H2,1H3,(H,24,30)(H,25,27). The number of benzene rings is 1. The molecule has 1 unspecified atom stereocenters. The first-order chi connectivity index (χ1) is 15.1. The van der Waals surface area contributed by atoms with Crippen LogP contribution in [0.2, 0.25) is 0 Å². The van der Waals surface area contributed by atoms with Gasteiger partial charge in [0.15, 0.2) is 5.11 Å². The number of thiophene rings is 1. The van der Waals surface area contributed by atoms with Crippen LogP contribution in [0.5, 0.6) is 5.75 Å². The van der Waals surface area contributed by atoms with Crippen LogP contribution in [-0.2, 0) is 17.8 Å². The highest BCUT2D eigenvalue weighted by Gasteiger charge is 2.19. The Morgan fingerprint density at radius 2 is 2.26 bits per heavy atom. The molecule has 0 radical (unpaired) electrons. The zero-order valence-electron chi connectivity index (χ0n) is 17.6. The van der Waals surface area contributed by atoms with Crippen molar-refractivity contribution >= 4 is 39.6 Å². The number of nitrogens with zero attached hydrogens (tertiary/aromatic N) is 1. The zero-order chi connectivity index (χ0) is 21.6. The van der Waals surface area contributed by atoms with Gasteiger partial charge in [-0.2, -0.15) is 0 Å². The van der Waals surface area contributed by atoms with Gasteiger partial charge < -0.3 is 24.7 Å². The van der Waals surface area contributed by atoms with Crippen LogP contribution >= 0.6 is 23.6 Å². The van der Waals surface area contributed by atoms with Gasteiger partial charge in [-0.3, -0.25) is 4.79 Å². The maximum atomic E-state index is 12.8. The maximum absolute atomic E-state index is 12.8. The van der Waals surface area contributed by atoms with Crippen LogP contribution < -0.4 is 15.6 Å². The Morgan fingerprint density at radius 1 is 1.35 bits per heavy atom. The Labute approximate surface area is 191 Å². The molecular formula is C23H27N3O3S2. The Bertz CT molecular complexity index is 1080. The third-order valence-corrected chi connectivity index (χ3v) is 6.55. The second-order valence-corrected chi connectivity index (χ2v) is 8.98.